The zero-order valence-corrected chi connectivity index (χ0v) is 9.09. The van der Waals surface area contributed by atoms with E-state index in [0.29, 0.717) is 18.7 Å². The number of hydrogen-bond donors (Lipinski definition) is 1. The minimum absolute atomic E-state index is 0.304. The Morgan fingerprint density at radius 3 is 2.60 bits per heavy atom. The molecular formula is C11H17F2NO. The highest BCUT2D eigenvalue weighted by Gasteiger charge is 2.41. The zero-order valence-electron chi connectivity index (χ0n) is 9.09. The van der Waals surface area contributed by atoms with Crippen molar-refractivity contribution in [1.82, 2.24) is 5.32 Å². The number of alkyl halides is 2. The molecule has 1 aromatic heterocycles. The van der Waals surface area contributed by atoms with Gasteiger partial charge in [0.2, 0.25) is 0 Å². The van der Waals surface area contributed by atoms with Crippen molar-refractivity contribution in [2.45, 2.75) is 38.7 Å². The third kappa shape index (κ3) is 2.37. The summed E-state index contributed by atoms with van der Waals surface area (Å²) < 4.78 is 31.3. The molecule has 0 aromatic carbocycles. The maximum atomic E-state index is 13.1. The molecule has 0 aliphatic heterocycles. The Hall–Kier alpha value is -0.900. The van der Waals surface area contributed by atoms with Crippen molar-refractivity contribution in [2.24, 2.45) is 0 Å². The van der Waals surface area contributed by atoms with Gasteiger partial charge in [0, 0.05) is 0 Å². The molecule has 0 fully saturated rings. The standard InChI is InChI=1S/C11H17F2NO/c1-3-7-14-11(4-2,10(12)13)9-6-5-8-15-9/h5-6,8,10,14H,3-4,7H2,1-2H3. The SMILES string of the molecule is CCCNC(CC)(c1ccco1)C(F)F. The molecule has 0 aliphatic carbocycles. The summed E-state index contributed by atoms with van der Waals surface area (Å²) in [7, 11) is 0. The maximum Gasteiger partial charge on any atom is 0.263 e. The summed E-state index contributed by atoms with van der Waals surface area (Å²) in [6.07, 6.45) is 0.0727. The smallest absolute Gasteiger partial charge is 0.263 e. The normalized spacial score (nSPS) is 15.5. The Kier molecular flexibility index (Phi) is 4.27. The lowest BCUT2D eigenvalue weighted by Gasteiger charge is -2.31. The molecule has 0 aliphatic rings. The van der Waals surface area contributed by atoms with E-state index in [-0.39, 0.29) is 0 Å². The molecule has 1 N–H and O–H groups in total. The number of nitrogens with one attached hydrogen (secondary N) is 1. The highest BCUT2D eigenvalue weighted by molar-refractivity contribution is 5.14. The minimum atomic E-state index is -2.47. The number of rotatable bonds is 6. The highest BCUT2D eigenvalue weighted by Crippen LogP contribution is 2.32. The van der Waals surface area contributed by atoms with E-state index in [1.807, 2.05) is 6.92 Å². The monoisotopic (exact) mass is 217 g/mol. The van der Waals surface area contributed by atoms with Gasteiger partial charge in [-0.3, -0.25) is 0 Å². The predicted molar refractivity (Wildman–Crippen MR) is 55.0 cm³/mol. The molecule has 1 atom stereocenters. The molecular weight excluding hydrogens is 200 g/mol. The van der Waals surface area contributed by atoms with Gasteiger partial charge >= 0.3 is 0 Å². The fraction of sp³-hybridized carbons (Fsp3) is 0.636. The average molecular weight is 217 g/mol. The molecule has 0 bridgehead atoms. The van der Waals surface area contributed by atoms with E-state index in [0.717, 1.165) is 6.42 Å². The maximum absolute atomic E-state index is 13.1. The molecule has 1 heterocycles. The fourth-order valence-corrected chi connectivity index (χ4v) is 1.61. The van der Waals surface area contributed by atoms with E-state index in [1.54, 1.807) is 19.1 Å². The topological polar surface area (TPSA) is 25.2 Å². The third-order valence-corrected chi connectivity index (χ3v) is 2.58. The lowest BCUT2D eigenvalue weighted by molar-refractivity contribution is 0.0114. The molecule has 0 saturated heterocycles. The van der Waals surface area contributed by atoms with Crippen LogP contribution in [0.3, 0.4) is 0 Å². The van der Waals surface area contributed by atoms with Crippen molar-refractivity contribution in [3.8, 4) is 0 Å². The molecule has 0 spiro atoms. The Balaban J connectivity index is 2.93. The van der Waals surface area contributed by atoms with Crippen molar-refractivity contribution in [2.75, 3.05) is 6.54 Å². The van der Waals surface area contributed by atoms with Crippen molar-refractivity contribution in [1.29, 1.82) is 0 Å². The van der Waals surface area contributed by atoms with Crippen LogP contribution in [0.4, 0.5) is 8.78 Å². The lowest BCUT2D eigenvalue weighted by Crippen LogP contribution is -2.48. The van der Waals surface area contributed by atoms with Crippen LogP contribution in [-0.4, -0.2) is 13.0 Å². The Labute approximate surface area is 88.7 Å². The van der Waals surface area contributed by atoms with Gasteiger partial charge in [-0.1, -0.05) is 13.8 Å². The molecule has 2 nitrogen and oxygen atoms in total. The first-order valence-corrected chi connectivity index (χ1v) is 5.24. The Morgan fingerprint density at radius 1 is 1.47 bits per heavy atom. The zero-order chi connectivity index (χ0) is 11.3. The second-order valence-corrected chi connectivity index (χ2v) is 3.53. The van der Waals surface area contributed by atoms with E-state index in [2.05, 4.69) is 5.32 Å². The highest BCUT2D eigenvalue weighted by atomic mass is 19.3. The Morgan fingerprint density at radius 2 is 2.20 bits per heavy atom. The molecule has 1 unspecified atom stereocenters. The van der Waals surface area contributed by atoms with Crippen LogP contribution >= 0.6 is 0 Å². The third-order valence-electron chi connectivity index (χ3n) is 2.58. The molecule has 0 amide bonds. The molecule has 4 heteroatoms. The average Bonchev–Trinajstić information content (AvgIpc) is 2.73. The predicted octanol–water partition coefficient (Wildman–Crippen LogP) is 3.15. The lowest BCUT2D eigenvalue weighted by atomic mass is 9.93. The summed E-state index contributed by atoms with van der Waals surface area (Å²) in [5.41, 5.74) is -1.33. The Bertz CT molecular complexity index is 274. The van der Waals surface area contributed by atoms with Gasteiger partial charge in [-0.05, 0) is 31.5 Å². The summed E-state index contributed by atoms with van der Waals surface area (Å²) in [4.78, 5) is 0. The van der Waals surface area contributed by atoms with Crippen molar-refractivity contribution in [3.05, 3.63) is 24.2 Å². The summed E-state index contributed by atoms with van der Waals surface area (Å²) in [5.74, 6) is 0.313. The van der Waals surface area contributed by atoms with E-state index >= 15 is 0 Å². The van der Waals surface area contributed by atoms with Gasteiger partial charge in [0.15, 0.2) is 0 Å². The summed E-state index contributed by atoms with van der Waals surface area (Å²) in [6, 6.07) is 3.23. The fourth-order valence-electron chi connectivity index (χ4n) is 1.61. The van der Waals surface area contributed by atoms with Gasteiger partial charge < -0.3 is 9.73 Å². The van der Waals surface area contributed by atoms with Gasteiger partial charge in [-0.2, -0.15) is 0 Å². The van der Waals surface area contributed by atoms with Gasteiger partial charge in [-0.15, -0.1) is 0 Å². The van der Waals surface area contributed by atoms with Gasteiger partial charge in [0.05, 0.1) is 6.26 Å². The van der Waals surface area contributed by atoms with E-state index in [9.17, 15) is 8.78 Å². The van der Waals surface area contributed by atoms with E-state index in [1.165, 1.54) is 6.26 Å². The first-order chi connectivity index (χ1) is 7.17. The van der Waals surface area contributed by atoms with Crippen LogP contribution in [0.25, 0.3) is 0 Å². The number of furan rings is 1. The van der Waals surface area contributed by atoms with Crippen LogP contribution in [0, 0.1) is 0 Å². The second-order valence-electron chi connectivity index (χ2n) is 3.53. The van der Waals surface area contributed by atoms with Crippen LogP contribution in [0.15, 0.2) is 22.8 Å². The van der Waals surface area contributed by atoms with Crippen LogP contribution in [-0.2, 0) is 5.54 Å². The quantitative estimate of drug-likeness (QED) is 0.791. The molecule has 0 radical (unpaired) electrons. The number of hydrogen-bond acceptors (Lipinski definition) is 2. The van der Waals surface area contributed by atoms with Gasteiger partial charge in [-0.25, -0.2) is 8.78 Å². The molecule has 1 rings (SSSR count). The van der Waals surface area contributed by atoms with E-state index in [4.69, 9.17) is 4.42 Å². The van der Waals surface area contributed by atoms with Crippen LogP contribution in [0.1, 0.15) is 32.4 Å². The van der Waals surface area contributed by atoms with Gasteiger partial charge in [0.25, 0.3) is 6.43 Å². The first-order valence-electron chi connectivity index (χ1n) is 5.24. The first kappa shape index (κ1) is 12.2. The van der Waals surface area contributed by atoms with Crippen LogP contribution in [0.5, 0.6) is 0 Å². The van der Waals surface area contributed by atoms with Crippen LogP contribution in [0.2, 0.25) is 0 Å². The van der Waals surface area contributed by atoms with Crippen LogP contribution < -0.4 is 5.32 Å². The summed E-state index contributed by atoms with van der Waals surface area (Å²) in [5, 5.41) is 2.89. The van der Waals surface area contributed by atoms with Crippen molar-refractivity contribution < 1.29 is 13.2 Å². The minimum Gasteiger partial charge on any atom is -0.467 e. The molecule has 86 valence electrons. The largest absolute Gasteiger partial charge is 0.467 e. The summed E-state index contributed by atoms with van der Waals surface area (Å²) >= 11 is 0. The molecule has 15 heavy (non-hydrogen) atoms. The van der Waals surface area contributed by atoms with Crippen molar-refractivity contribution in [3.63, 3.8) is 0 Å². The van der Waals surface area contributed by atoms with E-state index < -0.39 is 12.0 Å². The molecule has 0 saturated carbocycles. The van der Waals surface area contributed by atoms with Gasteiger partial charge in [0.1, 0.15) is 11.3 Å². The second kappa shape index (κ2) is 5.26. The number of halogens is 2. The summed E-state index contributed by atoms with van der Waals surface area (Å²) in [6.45, 7) is 4.23. The van der Waals surface area contributed by atoms with Crippen molar-refractivity contribution >= 4 is 0 Å². The molecule has 1 aromatic rings.